The van der Waals surface area contributed by atoms with Crippen molar-refractivity contribution in [1.82, 2.24) is 0 Å². The highest BCUT2D eigenvalue weighted by molar-refractivity contribution is 5.96. The summed E-state index contributed by atoms with van der Waals surface area (Å²) in [6, 6.07) is 3.84. The first-order valence-electron chi connectivity index (χ1n) is 8.84. The smallest absolute Gasteiger partial charge is 0.159 e. The zero-order chi connectivity index (χ0) is 19.5. The van der Waals surface area contributed by atoms with Crippen LogP contribution in [-0.4, -0.2) is 59.2 Å². The first-order valence-corrected chi connectivity index (χ1v) is 8.84. The lowest BCUT2D eigenvalue weighted by Gasteiger charge is -2.28. The molecular weight excluding hydrogens is 334 g/mol. The summed E-state index contributed by atoms with van der Waals surface area (Å²) in [6.07, 6.45) is -0.183. The maximum absolute atomic E-state index is 12.1. The van der Waals surface area contributed by atoms with Crippen molar-refractivity contribution in [1.29, 1.82) is 0 Å². The van der Waals surface area contributed by atoms with E-state index in [1.165, 1.54) is 0 Å². The summed E-state index contributed by atoms with van der Waals surface area (Å²) in [7, 11) is 4.95. The molecule has 0 radical (unpaired) electrons. The van der Waals surface area contributed by atoms with E-state index in [-0.39, 0.29) is 30.2 Å². The van der Waals surface area contributed by atoms with Crippen molar-refractivity contribution in [3.05, 3.63) is 23.3 Å². The van der Waals surface area contributed by atoms with Gasteiger partial charge in [-0.2, -0.15) is 0 Å². The molecule has 1 aromatic carbocycles. The van der Waals surface area contributed by atoms with Crippen LogP contribution in [0.4, 0.5) is 5.69 Å². The summed E-state index contributed by atoms with van der Waals surface area (Å²) in [4.78, 5) is 14.3. The number of benzene rings is 1. The van der Waals surface area contributed by atoms with Crippen molar-refractivity contribution >= 4 is 11.5 Å². The second kappa shape index (κ2) is 8.37. The van der Waals surface area contributed by atoms with Gasteiger partial charge in [0.15, 0.2) is 5.78 Å². The molecule has 0 saturated carbocycles. The number of carbonyl (C=O) groups is 1. The SMILES string of the molecule is COCO[C@@H]1CN(c2cc(C(C)=O)cc(C(C)(C)C)c2OC)C[C@H]1OC. The van der Waals surface area contributed by atoms with E-state index in [4.69, 9.17) is 18.9 Å². The average molecular weight is 365 g/mol. The van der Waals surface area contributed by atoms with Crippen molar-refractivity contribution in [3.63, 3.8) is 0 Å². The number of nitrogens with zero attached hydrogens (tertiary/aromatic N) is 1. The molecule has 146 valence electrons. The van der Waals surface area contributed by atoms with Crippen LogP contribution in [0.2, 0.25) is 0 Å². The number of carbonyl (C=O) groups excluding carboxylic acids is 1. The molecule has 6 heteroatoms. The lowest BCUT2D eigenvalue weighted by molar-refractivity contribution is -0.102. The molecule has 1 saturated heterocycles. The molecular formula is C20H31NO5. The fourth-order valence-electron chi connectivity index (χ4n) is 3.31. The molecule has 1 fully saturated rings. The van der Waals surface area contributed by atoms with Crippen molar-refractivity contribution in [2.45, 2.75) is 45.3 Å². The summed E-state index contributed by atoms with van der Waals surface area (Å²) >= 11 is 0. The number of ether oxygens (including phenoxy) is 4. The van der Waals surface area contributed by atoms with Gasteiger partial charge in [0.25, 0.3) is 0 Å². The van der Waals surface area contributed by atoms with Gasteiger partial charge in [-0.15, -0.1) is 0 Å². The van der Waals surface area contributed by atoms with Gasteiger partial charge in [0, 0.05) is 38.4 Å². The van der Waals surface area contributed by atoms with Crippen molar-refractivity contribution < 1.29 is 23.7 Å². The van der Waals surface area contributed by atoms with E-state index >= 15 is 0 Å². The molecule has 1 aromatic rings. The molecule has 26 heavy (non-hydrogen) atoms. The van der Waals surface area contributed by atoms with Crippen LogP contribution in [-0.2, 0) is 19.6 Å². The Hall–Kier alpha value is -1.63. The van der Waals surface area contributed by atoms with Crippen LogP contribution in [0.25, 0.3) is 0 Å². The van der Waals surface area contributed by atoms with Crippen LogP contribution in [0.1, 0.15) is 43.6 Å². The van der Waals surface area contributed by atoms with Crippen molar-refractivity contribution in [2.75, 3.05) is 46.1 Å². The van der Waals surface area contributed by atoms with Crippen LogP contribution < -0.4 is 9.64 Å². The third-order valence-electron chi connectivity index (χ3n) is 4.75. The van der Waals surface area contributed by atoms with Gasteiger partial charge in [0.05, 0.1) is 12.8 Å². The number of hydrogen-bond acceptors (Lipinski definition) is 6. The van der Waals surface area contributed by atoms with Gasteiger partial charge in [-0.05, 0) is 24.5 Å². The lowest BCUT2D eigenvalue weighted by atomic mass is 9.84. The van der Waals surface area contributed by atoms with Crippen molar-refractivity contribution in [2.24, 2.45) is 0 Å². The van der Waals surface area contributed by atoms with Gasteiger partial charge in [-0.25, -0.2) is 0 Å². The Balaban J connectivity index is 2.47. The van der Waals surface area contributed by atoms with Gasteiger partial charge in [0.2, 0.25) is 0 Å². The normalized spacial score (nSPS) is 20.5. The molecule has 0 amide bonds. The van der Waals surface area contributed by atoms with E-state index in [2.05, 4.69) is 25.7 Å². The highest BCUT2D eigenvalue weighted by Crippen LogP contribution is 2.41. The summed E-state index contributed by atoms with van der Waals surface area (Å²) in [5, 5.41) is 0. The number of hydrogen-bond donors (Lipinski definition) is 0. The Bertz CT molecular complexity index is 638. The van der Waals surface area contributed by atoms with Crippen LogP contribution >= 0.6 is 0 Å². The maximum Gasteiger partial charge on any atom is 0.159 e. The van der Waals surface area contributed by atoms with E-state index in [9.17, 15) is 4.79 Å². The minimum atomic E-state index is -0.155. The van der Waals surface area contributed by atoms with Crippen molar-refractivity contribution in [3.8, 4) is 5.75 Å². The number of Topliss-reactive ketones (excluding diaryl/α,β-unsaturated/α-hetero) is 1. The van der Waals surface area contributed by atoms with Gasteiger partial charge in [0.1, 0.15) is 24.8 Å². The number of anilines is 1. The van der Waals surface area contributed by atoms with Gasteiger partial charge in [-0.1, -0.05) is 20.8 Å². The molecule has 0 aromatic heterocycles. The lowest BCUT2D eigenvalue weighted by Crippen LogP contribution is -2.29. The molecule has 1 aliphatic rings. The Morgan fingerprint density at radius 3 is 2.31 bits per heavy atom. The van der Waals surface area contributed by atoms with Crippen LogP contribution in [0, 0.1) is 0 Å². The molecule has 2 rings (SSSR count). The number of ketones is 1. The van der Waals surface area contributed by atoms with Crippen LogP contribution in [0.5, 0.6) is 5.75 Å². The molecule has 1 aliphatic heterocycles. The molecule has 0 unspecified atom stereocenters. The molecule has 0 bridgehead atoms. The predicted octanol–water partition coefficient (Wildman–Crippen LogP) is 3.02. The Labute approximate surface area is 156 Å². The van der Waals surface area contributed by atoms with E-state index < -0.39 is 0 Å². The van der Waals surface area contributed by atoms with Gasteiger partial charge in [-0.3, -0.25) is 4.79 Å². The summed E-state index contributed by atoms with van der Waals surface area (Å²) in [5.41, 5.74) is 2.44. The summed E-state index contributed by atoms with van der Waals surface area (Å²) in [5.74, 6) is 0.832. The third-order valence-corrected chi connectivity index (χ3v) is 4.75. The quantitative estimate of drug-likeness (QED) is 0.547. The average Bonchev–Trinajstić information content (AvgIpc) is 3.00. The number of rotatable bonds is 7. The minimum absolute atomic E-state index is 0.0362. The van der Waals surface area contributed by atoms with Crippen LogP contribution in [0.3, 0.4) is 0 Å². The molecule has 2 atom stereocenters. The zero-order valence-corrected chi connectivity index (χ0v) is 16.9. The van der Waals surface area contributed by atoms with E-state index in [0.29, 0.717) is 18.7 Å². The summed E-state index contributed by atoms with van der Waals surface area (Å²) in [6.45, 7) is 9.46. The highest BCUT2D eigenvalue weighted by Gasteiger charge is 2.36. The van der Waals surface area contributed by atoms with Gasteiger partial charge < -0.3 is 23.8 Å². The monoisotopic (exact) mass is 365 g/mol. The second-order valence-electron chi connectivity index (χ2n) is 7.67. The highest BCUT2D eigenvalue weighted by atomic mass is 16.7. The first-order chi connectivity index (χ1) is 12.2. The Morgan fingerprint density at radius 2 is 1.81 bits per heavy atom. The molecule has 0 aliphatic carbocycles. The third kappa shape index (κ3) is 4.37. The number of methoxy groups -OCH3 is 3. The second-order valence-corrected chi connectivity index (χ2v) is 7.67. The van der Waals surface area contributed by atoms with E-state index in [0.717, 1.165) is 17.0 Å². The van der Waals surface area contributed by atoms with Gasteiger partial charge >= 0.3 is 0 Å². The Morgan fingerprint density at radius 1 is 1.15 bits per heavy atom. The van der Waals surface area contributed by atoms with E-state index in [1.54, 1.807) is 28.3 Å². The minimum Gasteiger partial charge on any atom is -0.494 e. The standard InChI is InChI=1S/C20H31NO5/c1-13(22)14-8-15(20(2,3)4)19(25-7)16(9-14)21-10-17(24-6)18(11-21)26-12-23-5/h8-9,17-18H,10-12H2,1-7H3/t17-,18-/m1/s1. The van der Waals surface area contributed by atoms with E-state index in [1.807, 2.05) is 12.1 Å². The molecule has 0 spiro atoms. The summed E-state index contributed by atoms with van der Waals surface area (Å²) < 4.78 is 22.2. The molecule has 6 nitrogen and oxygen atoms in total. The fourth-order valence-corrected chi connectivity index (χ4v) is 3.31. The largest absolute Gasteiger partial charge is 0.494 e. The Kier molecular flexibility index (Phi) is 6.66. The molecule has 0 N–H and O–H groups in total. The molecule has 1 heterocycles. The fraction of sp³-hybridized carbons (Fsp3) is 0.650. The zero-order valence-electron chi connectivity index (χ0n) is 16.9. The maximum atomic E-state index is 12.1. The first kappa shape index (κ1) is 20.7. The topological polar surface area (TPSA) is 57.2 Å². The van der Waals surface area contributed by atoms with Crippen LogP contribution in [0.15, 0.2) is 12.1 Å². The predicted molar refractivity (Wildman–Crippen MR) is 101 cm³/mol.